The second-order valence-corrected chi connectivity index (χ2v) is 5.58. The fraction of sp³-hybridized carbons (Fsp3) is 0.692. The second kappa shape index (κ2) is 5.51. The van der Waals surface area contributed by atoms with Gasteiger partial charge in [-0.15, -0.1) is 0 Å². The summed E-state index contributed by atoms with van der Waals surface area (Å²) in [6, 6.07) is 0.324. The van der Waals surface area contributed by atoms with Gasteiger partial charge in [-0.1, -0.05) is 18.5 Å². The van der Waals surface area contributed by atoms with Gasteiger partial charge in [-0.25, -0.2) is 4.98 Å². The van der Waals surface area contributed by atoms with Crippen LogP contribution in [0.2, 0.25) is 5.02 Å². The Balaban J connectivity index is 1.69. The van der Waals surface area contributed by atoms with Crippen molar-refractivity contribution in [3.63, 3.8) is 0 Å². The Morgan fingerprint density at radius 1 is 1.47 bits per heavy atom. The van der Waals surface area contributed by atoms with E-state index in [0.717, 1.165) is 25.8 Å². The summed E-state index contributed by atoms with van der Waals surface area (Å²) in [5.41, 5.74) is 0. The lowest BCUT2D eigenvalue weighted by Gasteiger charge is -2.21. The Bertz CT molecular complexity index is 456. The van der Waals surface area contributed by atoms with Crippen LogP contribution in [0.1, 0.15) is 32.6 Å². The first kappa shape index (κ1) is 12.9. The molecule has 0 aromatic carbocycles. The van der Waals surface area contributed by atoms with Gasteiger partial charge in [-0.2, -0.15) is 4.98 Å². The predicted molar refractivity (Wildman–Crippen MR) is 75.7 cm³/mol. The van der Waals surface area contributed by atoms with Crippen LogP contribution in [-0.2, 0) is 4.74 Å². The molecule has 2 fully saturated rings. The number of nitrogens with zero attached hydrogens (tertiary/aromatic N) is 2. The number of ether oxygens (including phenoxy) is 1. The maximum Gasteiger partial charge on any atom is 0.224 e. The van der Waals surface area contributed by atoms with Gasteiger partial charge in [0, 0.05) is 6.54 Å². The van der Waals surface area contributed by atoms with Gasteiger partial charge in [0.05, 0.1) is 24.4 Å². The predicted octanol–water partition coefficient (Wildman–Crippen LogP) is 2.68. The molecule has 1 aromatic heterocycles. The first-order chi connectivity index (χ1) is 9.26. The zero-order chi connectivity index (χ0) is 13.2. The minimum Gasteiger partial charge on any atom is -0.373 e. The number of halogens is 1. The van der Waals surface area contributed by atoms with Gasteiger partial charge in [-0.3, -0.25) is 0 Å². The van der Waals surface area contributed by atoms with Gasteiger partial charge < -0.3 is 15.4 Å². The number of aromatic nitrogens is 2. The third-order valence-corrected chi connectivity index (χ3v) is 3.98. The molecule has 2 aliphatic rings. The summed E-state index contributed by atoms with van der Waals surface area (Å²) in [5.74, 6) is 1.33. The summed E-state index contributed by atoms with van der Waals surface area (Å²) in [6.07, 6.45) is 6.76. The van der Waals surface area contributed by atoms with Crippen LogP contribution in [0.25, 0.3) is 0 Å². The molecule has 2 aliphatic heterocycles. The minimum absolute atomic E-state index is 0.308. The average Bonchev–Trinajstić information content (AvgIpc) is 3.02. The summed E-state index contributed by atoms with van der Waals surface area (Å²) >= 11 is 6.15. The highest BCUT2D eigenvalue weighted by atomic mass is 35.5. The minimum atomic E-state index is 0.308. The highest BCUT2D eigenvalue weighted by Gasteiger charge is 2.41. The highest BCUT2D eigenvalue weighted by molar-refractivity contribution is 6.32. The van der Waals surface area contributed by atoms with Gasteiger partial charge in [-0.05, 0) is 25.7 Å². The van der Waals surface area contributed by atoms with Gasteiger partial charge in [0.1, 0.15) is 5.02 Å². The lowest BCUT2D eigenvalue weighted by atomic mass is 9.95. The van der Waals surface area contributed by atoms with Crippen LogP contribution in [-0.4, -0.2) is 34.8 Å². The number of hydrogen-bond donors (Lipinski definition) is 2. The van der Waals surface area contributed by atoms with Crippen LogP contribution < -0.4 is 10.6 Å². The van der Waals surface area contributed by atoms with Crippen molar-refractivity contribution in [2.24, 2.45) is 0 Å². The lowest BCUT2D eigenvalue weighted by molar-refractivity contribution is 0.102. The molecule has 2 bridgehead atoms. The monoisotopic (exact) mass is 282 g/mol. The molecule has 0 spiro atoms. The van der Waals surface area contributed by atoms with Gasteiger partial charge >= 0.3 is 0 Å². The van der Waals surface area contributed by atoms with Crippen LogP contribution in [0.4, 0.5) is 11.8 Å². The number of hydrogen-bond acceptors (Lipinski definition) is 5. The van der Waals surface area contributed by atoms with Crippen molar-refractivity contribution in [3.8, 4) is 0 Å². The maximum absolute atomic E-state index is 6.15. The van der Waals surface area contributed by atoms with Crippen molar-refractivity contribution < 1.29 is 4.74 Å². The number of fused-ring (bicyclic) bond motifs is 2. The third kappa shape index (κ3) is 2.77. The molecule has 104 valence electrons. The van der Waals surface area contributed by atoms with Crippen LogP contribution >= 0.6 is 11.6 Å². The number of nitrogens with one attached hydrogen (secondary N) is 2. The van der Waals surface area contributed by atoms with E-state index in [1.165, 1.54) is 6.42 Å². The van der Waals surface area contributed by atoms with Gasteiger partial charge in [0.15, 0.2) is 5.82 Å². The van der Waals surface area contributed by atoms with E-state index in [9.17, 15) is 0 Å². The van der Waals surface area contributed by atoms with E-state index in [0.29, 0.717) is 35.0 Å². The number of anilines is 2. The average molecular weight is 283 g/mol. The van der Waals surface area contributed by atoms with E-state index in [4.69, 9.17) is 16.3 Å². The molecular weight excluding hydrogens is 264 g/mol. The van der Waals surface area contributed by atoms with Crippen LogP contribution in [0, 0.1) is 0 Å². The first-order valence-electron chi connectivity index (χ1n) is 6.94. The molecule has 0 saturated carbocycles. The second-order valence-electron chi connectivity index (χ2n) is 5.18. The molecule has 3 rings (SSSR count). The molecule has 3 atom stereocenters. The van der Waals surface area contributed by atoms with E-state index in [1.54, 1.807) is 6.20 Å². The normalized spacial score (nSPS) is 28.6. The number of rotatable bonds is 5. The molecule has 3 heterocycles. The zero-order valence-electron chi connectivity index (χ0n) is 11.0. The summed E-state index contributed by atoms with van der Waals surface area (Å²) < 4.78 is 5.83. The van der Waals surface area contributed by atoms with E-state index in [1.807, 2.05) is 0 Å². The van der Waals surface area contributed by atoms with Crippen molar-refractivity contribution in [1.82, 2.24) is 9.97 Å². The highest BCUT2D eigenvalue weighted by Crippen LogP contribution is 2.36. The fourth-order valence-corrected chi connectivity index (χ4v) is 2.90. The molecule has 2 N–H and O–H groups in total. The largest absolute Gasteiger partial charge is 0.373 e. The van der Waals surface area contributed by atoms with Crippen molar-refractivity contribution in [1.29, 1.82) is 0 Å². The molecule has 5 nitrogen and oxygen atoms in total. The van der Waals surface area contributed by atoms with E-state index < -0.39 is 0 Å². The van der Waals surface area contributed by atoms with E-state index in [-0.39, 0.29) is 0 Å². The Hall–Kier alpha value is -1.07. The van der Waals surface area contributed by atoms with Gasteiger partial charge in [0.25, 0.3) is 0 Å². The molecule has 0 aliphatic carbocycles. The Kier molecular flexibility index (Phi) is 3.75. The zero-order valence-corrected chi connectivity index (χ0v) is 11.8. The summed E-state index contributed by atoms with van der Waals surface area (Å²) in [5, 5.41) is 7.14. The van der Waals surface area contributed by atoms with E-state index in [2.05, 4.69) is 27.5 Å². The maximum atomic E-state index is 6.15. The Labute approximate surface area is 118 Å². The molecule has 19 heavy (non-hydrogen) atoms. The Morgan fingerprint density at radius 2 is 2.37 bits per heavy atom. The molecular formula is C13H19ClN4O. The molecule has 6 heteroatoms. The van der Waals surface area contributed by atoms with Crippen molar-refractivity contribution >= 4 is 23.4 Å². The quantitative estimate of drug-likeness (QED) is 0.869. The van der Waals surface area contributed by atoms with Crippen molar-refractivity contribution in [2.75, 3.05) is 17.2 Å². The molecule has 0 amide bonds. The van der Waals surface area contributed by atoms with Crippen LogP contribution in [0.15, 0.2) is 6.20 Å². The van der Waals surface area contributed by atoms with Crippen molar-refractivity contribution in [3.05, 3.63) is 11.2 Å². The SMILES string of the molecule is CCCNc1ncc(Cl)c(NC2CC3CCC2O3)n1. The smallest absolute Gasteiger partial charge is 0.224 e. The topological polar surface area (TPSA) is 59.1 Å². The van der Waals surface area contributed by atoms with Gasteiger partial charge in [0.2, 0.25) is 5.95 Å². The first-order valence-corrected chi connectivity index (χ1v) is 7.32. The molecule has 2 saturated heterocycles. The Morgan fingerprint density at radius 3 is 3.05 bits per heavy atom. The van der Waals surface area contributed by atoms with Crippen LogP contribution in [0.3, 0.4) is 0 Å². The summed E-state index contributed by atoms with van der Waals surface area (Å²) in [4.78, 5) is 8.61. The molecule has 3 unspecified atom stereocenters. The molecule has 0 radical (unpaired) electrons. The molecule has 1 aromatic rings. The third-order valence-electron chi connectivity index (χ3n) is 3.71. The van der Waals surface area contributed by atoms with E-state index >= 15 is 0 Å². The summed E-state index contributed by atoms with van der Waals surface area (Å²) in [6.45, 7) is 2.97. The van der Waals surface area contributed by atoms with Crippen LogP contribution in [0.5, 0.6) is 0 Å². The summed E-state index contributed by atoms with van der Waals surface area (Å²) in [7, 11) is 0. The lowest BCUT2D eigenvalue weighted by Crippen LogP contribution is -2.31. The fourth-order valence-electron chi connectivity index (χ4n) is 2.76. The van der Waals surface area contributed by atoms with Crippen molar-refractivity contribution in [2.45, 2.75) is 50.9 Å². The standard InChI is InChI=1S/C13H19ClN4O/c1-2-5-15-13-16-7-9(14)12(18-13)17-10-6-8-3-4-11(10)19-8/h7-8,10-11H,2-6H2,1H3,(H2,15,16,17,18).